The molecule has 0 radical (unpaired) electrons. The fourth-order valence-electron chi connectivity index (χ4n) is 3.31. The van der Waals surface area contributed by atoms with Gasteiger partial charge in [-0.3, -0.25) is 0 Å². The van der Waals surface area contributed by atoms with Crippen LogP contribution in [0.4, 0.5) is 5.69 Å². The molecule has 2 aromatic carbocycles. The molecule has 0 aliphatic heterocycles. The van der Waals surface area contributed by atoms with Crippen LogP contribution in [-0.4, -0.2) is 23.4 Å². The van der Waals surface area contributed by atoms with Crippen molar-refractivity contribution < 1.29 is 14.6 Å². The van der Waals surface area contributed by atoms with Crippen LogP contribution in [0.25, 0.3) is 10.9 Å². The quantitative estimate of drug-likeness (QED) is 0.337. The van der Waals surface area contributed by atoms with Gasteiger partial charge < -0.3 is 19.1 Å². The molecule has 0 aliphatic carbocycles. The number of methoxy groups -OCH3 is 1. The summed E-state index contributed by atoms with van der Waals surface area (Å²) in [4.78, 5) is 11.3. The van der Waals surface area contributed by atoms with E-state index >= 15 is 0 Å². The van der Waals surface area contributed by atoms with E-state index in [0.717, 1.165) is 34.0 Å². The van der Waals surface area contributed by atoms with E-state index in [9.17, 15) is 10.0 Å². The highest BCUT2D eigenvalue weighted by atomic mass is 79.9. The molecule has 0 fully saturated rings. The highest BCUT2D eigenvalue weighted by Gasteiger charge is 2.20. The van der Waals surface area contributed by atoms with E-state index in [1.54, 1.807) is 17.7 Å². The Labute approximate surface area is 172 Å². The van der Waals surface area contributed by atoms with Crippen LogP contribution in [0, 0.1) is 11.8 Å². The second kappa shape index (κ2) is 8.65. The van der Waals surface area contributed by atoms with Gasteiger partial charge in [0.1, 0.15) is 0 Å². The predicted molar refractivity (Wildman–Crippen MR) is 114 cm³/mol. The molecule has 0 spiro atoms. The molecule has 0 aliphatic rings. The van der Waals surface area contributed by atoms with Crippen LogP contribution >= 0.6 is 15.9 Å². The second-order valence-electron chi connectivity index (χ2n) is 6.66. The van der Waals surface area contributed by atoms with Gasteiger partial charge in [0.15, 0.2) is 17.2 Å². The molecule has 0 saturated heterocycles. The normalized spacial score (nSPS) is 11.0. The number of nitroso groups, excluding NO2 is 1. The summed E-state index contributed by atoms with van der Waals surface area (Å²) in [6.07, 6.45) is 2.04. The van der Waals surface area contributed by atoms with Crippen molar-refractivity contribution in [3.05, 3.63) is 50.8 Å². The van der Waals surface area contributed by atoms with Gasteiger partial charge in [0.25, 0.3) is 0 Å². The first-order chi connectivity index (χ1) is 13.5. The number of fused-ring (bicyclic) bond motifs is 1. The van der Waals surface area contributed by atoms with Gasteiger partial charge in [-0.1, -0.05) is 35.3 Å². The summed E-state index contributed by atoms with van der Waals surface area (Å²) in [5.41, 5.74) is 2.66. The summed E-state index contributed by atoms with van der Waals surface area (Å²) >= 11 is 3.43. The van der Waals surface area contributed by atoms with Crippen LogP contribution in [0.15, 0.2) is 40.0 Å². The van der Waals surface area contributed by atoms with Crippen LogP contribution in [0.1, 0.15) is 30.9 Å². The van der Waals surface area contributed by atoms with Crippen molar-refractivity contribution >= 4 is 32.5 Å². The number of halogens is 1. The maximum atomic E-state index is 11.3. The molecule has 0 amide bonds. The van der Waals surface area contributed by atoms with Gasteiger partial charge in [0.05, 0.1) is 25.8 Å². The average molecular weight is 447 g/mol. The number of aromatic nitrogens is 1. The van der Waals surface area contributed by atoms with Crippen molar-refractivity contribution in [2.24, 2.45) is 5.18 Å². The highest BCUT2D eigenvalue weighted by Crippen LogP contribution is 2.42. The number of hydrogen-bond donors (Lipinski definition) is 1. The minimum Gasteiger partial charge on any atom is -0.493 e. The summed E-state index contributed by atoms with van der Waals surface area (Å²) < 4.78 is 13.8. The van der Waals surface area contributed by atoms with E-state index in [-0.39, 0.29) is 11.6 Å². The van der Waals surface area contributed by atoms with Gasteiger partial charge in [-0.25, -0.2) is 0 Å². The van der Waals surface area contributed by atoms with Gasteiger partial charge in [0, 0.05) is 9.86 Å². The van der Waals surface area contributed by atoms with Crippen molar-refractivity contribution in [2.75, 3.05) is 13.7 Å². The Morgan fingerprint density at radius 2 is 2.00 bits per heavy atom. The number of nitrogens with zero attached hydrogens (tertiary/aromatic N) is 2. The van der Waals surface area contributed by atoms with Crippen molar-refractivity contribution in [1.29, 1.82) is 0 Å². The maximum Gasteiger partial charge on any atom is 0.222 e. The van der Waals surface area contributed by atoms with E-state index in [2.05, 4.69) is 28.0 Å². The number of aromatic hydroxyl groups is 1. The minimum atomic E-state index is -0.145. The van der Waals surface area contributed by atoms with E-state index in [0.29, 0.717) is 30.0 Å². The predicted octanol–water partition coefficient (Wildman–Crippen LogP) is 6.05. The number of ether oxygens (including phenoxy) is 2. The van der Waals surface area contributed by atoms with E-state index < -0.39 is 0 Å². The molecule has 6 nitrogen and oxygen atoms in total. The van der Waals surface area contributed by atoms with Crippen LogP contribution in [0.3, 0.4) is 0 Å². The molecule has 0 saturated carbocycles. The first kappa shape index (κ1) is 20.2. The lowest BCUT2D eigenvalue weighted by atomic mass is 10.1. The lowest BCUT2D eigenvalue weighted by molar-refractivity contribution is 0.288. The zero-order valence-electron chi connectivity index (χ0n) is 16.2. The van der Waals surface area contributed by atoms with Gasteiger partial charge in [-0.15, -0.1) is 4.91 Å². The van der Waals surface area contributed by atoms with Crippen LogP contribution in [-0.2, 0) is 6.54 Å². The van der Waals surface area contributed by atoms with Crippen LogP contribution < -0.4 is 9.47 Å². The Bertz CT molecular complexity index is 1010. The SMILES string of the molecule is CCCCOc1ccc(Cn2c(O)c(N=O)c3cc(Br)cc(C)c32)cc1OC. The Morgan fingerprint density at radius 1 is 1.21 bits per heavy atom. The van der Waals surface area contributed by atoms with E-state index in [1.165, 1.54) is 0 Å². The highest BCUT2D eigenvalue weighted by molar-refractivity contribution is 9.10. The number of benzene rings is 2. The molecule has 28 heavy (non-hydrogen) atoms. The summed E-state index contributed by atoms with van der Waals surface area (Å²) in [7, 11) is 1.60. The number of unbranched alkanes of at least 4 members (excludes halogenated alkanes) is 1. The fraction of sp³-hybridized carbons (Fsp3) is 0.333. The third kappa shape index (κ3) is 3.85. The zero-order chi connectivity index (χ0) is 20.3. The molecule has 148 valence electrons. The van der Waals surface area contributed by atoms with Crippen LogP contribution in [0.5, 0.6) is 17.4 Å². The number of aryl methyl sites for hydroxylation is 1. The average Bonchev–Trinajstić information content (AvgIpc) is 2.93. The minimum absolute atomic E-state index is 0.0471. The zero-order valence-corrected chi connectivity index (χ0v) is 17.7. The van der Waals surface area contributed by atoms with Crippen molar-refractivity contribution in [3.63, 3.8) is 0 Å². The number of hydrogen-bond acceptors (Lipinski definition) is 5. The molecular weight excluding hydrogens is 424 g/mol. The largest absolute Gasteiger partial charge is 0.493 e. The topological polar surface area (TPSA) is 73.0 Å². The molecule has 3 rings (SSSR count). The standard InChI is InChI=1S/C21H23BrN2O4/c1-4-5-8-28-17-7-6-14(10-18(17)27-3)12-24-20-13(2)9-15(22)11-16(20)19(23-26)21(24)25/h6-7,9-11,25H,4-5,8,12H2,1-3H3. The summed E-state index contributed by atoms with van der Waals surface area (Å²) in [6.45, 7) is 5.05. The van der Waals surface area contributed by atoms with E-state index in [4.69, 9.17) is 9.47 Å². The molecule has 3 aromatic rings. The Balaban J connectivity index is 2.01. The summed E-state index contributed by atoms with van der Waals surface area (Å²) in [5.74, 6) is 1.18. The van der Waals surface area contributed by atoms with Crippen LogP contribution in [0.2, 0.25) is 0 Å². The van der Waals surface area contributed by atoms with E-state index in [1.807, 2.05) is 31.2 Å². The molecule has 0 unspecified atom stereocenters. The van der Waals surface area contributed by atoms with Gasteiger partial charge in [-0.05, 0) is 53.9 Å². The summed E-state index contributed by atoms with van der Waals surface area (Å²) in [5, 5.41) is 14.3. The van der Waals surface area contributed by atoms with Gasteiger partial charge in [-0.2, -0.15) is 0 Å². The molecule has 1 heterocycles. The molecule has 0 atom stereocenters. The smallest absolute Gasteiger partial charge is 0.222 e. The Hall–Kier alpha value is -2.54. The third-order valence-corrected chi connectivity index (χ3v) is 5.13. The van der Waals surface area contributed by atoms with Crippen molar-refractivity contribution in [3.8, 4) is 17.4 Å². The first-order valence-electron chi connectivity index (χ1n) is 9.14. The Kier molecular flexibility index (Phi) is 6.24. The third-order valence-electron chi connectivity index (χ3n) is 4.67. The lowest BCUT2D eigenvalue weighted by Gasteiger charge is -2.14. The van der Waals surface area contributed by atoms with Gasteiger partial charge >= 0.3 is 0 Å². The molecule has 0 bridgehead atoms. The molecular formula is C21H23BrN2O4. The van der Waals surface area contributed by atoms with Crippen molar-refractivity contribution in [1.82, 2.24) is 4.57 Å². The Morgan fingerprint density at radius 3 is 2.68 bits per heavy atom. The molecule has 1 aromatic heterocycles. The first-order valence-corrected chi connectivity index (χ1v) is 9.93. The maximum absolute atomic E-state index is 11.3. The second-order valence-corrected chi connectivity index (χ2v) is 7.57. The fourth-order valence-corrected chi connectivity index (χ4v) is 3.88. The monoisotopic (exact) mass is 446 g/mol. The summed E-state index contributed by atoms with van der Waals surface area (Å²) in [6, 6.07) is 9.42. The number of rotatable bonds is 8. The lowest BCUT2D eigenvalue weighted by Crippen LogP contribution is -2.03. The van der Waals surface area contributed by atoms with Crippen molar-refractivity contribution in [2.45, 2.75) is 33.2 Å². The molecule has 1 N–H and O–H groups in total. The molecule has 7 heteroatoms. The van der Waals surface area contributed by atoms with Gasteiger partial charge in [0.2, 0.25) is 5.88 Å².